The lowest BCUT2D eigenvalue weighted by molar-refractivity contribution is -0.117. The fourth-order valence-corrected chi connectivity index (χ4v) is 1.46. The minimum absolute atomic E-state index is 0.117. The number of benzene rings is 1. The first-order valence-corrected chi connectivity index (χ1v) is 6.12. The summed E-state index contributed by atoms with van der Waals surface area (Å²) in [6.45, 7) is 6.94. The van der Waals surface area contributed by atoms with Gasteiger partial charge in [-0.15, -0.1) is 0 Å². The predicted octanol–water partition coefficient (Wildman–Crippen LogP) is 3.14. The summed E-state index contributed by atoms with van der Waals surface area (Å²) >= 11 is 0. The third-order valence-corrected chi connectivity index (χ3v) is 2.39. The second-order valence-corrected chi connectivity index (χ2v) is 4.73. The molecule has 0 saturated carbocycles. The van der Waals surface area contributed by atoms with Crippen LogP contribution in [0.5, 0.6) is 0 Å². The molecule has 1 amide bonds. The van der Waals surface area contributed by atoms with E-state index >= 15 is 0 Å². The van der Waals surface area contributed by atoms with Gasteiger partial charge in [-0.05, 0) is 36.6 Å². The molecule has 1 aromatic rings. The molecule has 1 N–H and O–H groups in total. The van der Waals surface area contributed by atoms with E-state index in [0.717, 1.165) is 0 Å². The van der Waals surface area contributed by atoms with Crippen LogP contribution in [0.25, 0.3) is 0 Å². The van der Waals surface area contributed by atoms with Crippen molar-refractivity contribution in [2.45, 2.75) is 27.2 Å². The summed E-state index contributed by atoms with van der Waals surface area (Å²) in [5.41, 5.74) is 1.36. The van der Waals surface area contributed by atoms with Crippen LogP contribution in [-0.2, 0) is 9.53 Å². The number of anilines is 1. The molecule has 1 aromatic carbocycles. The van der Waals surface area contributed by atoms with Crippen LogP contribution < -0.4 is 5.32 Å². The first kappa shape index (κ1) is 14.6. The molecule has 0 aliphatic heterocycles. The molecule has 3 nitrogen and oxygen atoms in total. The molecule has 18 heavy (non-hydrogen) atoms. The number of halogens is 1. The molecule has 0 aliphatic rings. The minimum Gasteiger partial charge on any atom is -0.381 e. The second kappa shape index (κ2) is 7.11. The van der Waals surface area contributed by atoms with Gasteiger partial charge in [0.2, 0.25) is 5.91 Å². The standard InChI is InChI=1S/C14H20FNO2/c1-10(2)9-18-7-6-14(17)16-13-5-4-12(15)8-11(13)3/h4-5,8,10H,6-7,9H2,1-3H3,(H,16,17). The summed E-state index contributed by atoms with van der Waals surface area (Å²) in [5.74, 6) is 0.0478. The molecule has 100 valence electrons. The third-order valence-electron chi connectivity index (χ3n) is 2.39. The predicted molar refractivity (Wildman–Crippen MR) is 70.0 cm³/mol. The molecule has 0 unspecified atom stereocenters. The fraction of sp³-hybridized carbons (Fsp3) is 0.500. The van der Waals surface area contributed by atoms with E-state index in [1.807, 2.05) is 0 Å². The highest BCUT2D eigenvalue weighted by molar-refractivity contribution is 5.91. The Morgan fingerprint density at radius 1 is 1.44 bits per heavy atom. The molecule has 0 heterocycles. The normalized spacial score (nSPS) is 10.7. The molecule has 4 heteroatoms. The zero-order chi connectivity index (χ0) is 13.5. The molecule has 0 atom stereocenters. The maximum atomic E-state index is 12.9. The number of amides is 1. The van der Waals surface area contributed by atoms with Gasteiger partial charge in [-0.2, -0.15) is 0 Å². The Kier molecular flexibility index (Phi) is 5.78. The van der Waals surface area contributed by atoms with E-state index in [9.17, 15) is 9.18 Å². The van der Waals surface area contributed by atoms with Crippen molar-refractivity contribution in [1.29, 1.82) is 0 Å². The van der Waals surface area contributed by atoms with Crippen LogP contribution in [0.2, 0.25) is 0 Å². The van der Waals surface area contributed by atoms with E-state index in [1.54, 1.807) is 13.0 Å². The van der Waals surface area contributed by atoms with E-state index in [-0.39, 0.29) is 11.7 Å². The summed E-state index contributed by atoms with van der Waals surface area (Å²) < 4.78 is 18.2. The molecular weight excluding hydrogens is 233 g/mol. The van der Waals surface area contributed by atoms with Gasteiger partial charge < -0.3 is 10.1 Å². The molecule has 0 aliphatic carbocycles. The van der Waals surface area contributed by atoms with Crippen molar-refractivity contribution < 1.29 is 13.9 Å². The van der Waals surface area contributed by atoms with Gasteiger partial charge in [0, 0.05) is 12.3 Å². The van der Waals surface area contributed by atoms with Crippen molar-refractivity contribution in [1.82, 2.24) is 0 Å². The Bertz CT molecular complexity index is 405. The molecular formula is C14H20FNO2. The van der Waals surface area contributed by atoms with Crippen molar-refractivity contribution in [3.8, 4) is 0 Å². The summed E-state index contributed by atoms with van der Waals surface area (Å²) in [5, 5.41) is 2.74. The Morgan fingerprint density at radius 2 is 2.17 bits per heavy atom. The summed E-state index contributed by atoms with van der Waals surface area (Å²) in [6, 6.07) is 4.29. The molecule has 0 spiro atoms. The van der Waals surface area contributed by atoms with E-state index in [0.29, 0.717) is 36.8 Å². The fourth-order valence-electron chi connectivity index (χ4n) is 1.46. The number of carbonyl (C=O) groups is 1. The minimum atomic E-state index is -0.300. The van der Waals surface area contributed by atoms with Crippen LogP contribution in [-0.4, -0.2) is 19.1 Å². The van der Waals surface area contributed by atoms with Crippen molar-refractivity contribution in [3.63, 3.8) is 0 Å². The van der Waals surface area contributed by atoms with Crippen LogP contribution in [0, 0.1) is 18.7 Å². The second-order valence-electron chi connectivity index (χ2n) is 4.73. The van der Waals surface area contributed by atoms with Gasteiger partial charge >= 0.3 is 0 Å². The van der Waals surface area contributed by atoms with Crippen molar-refractivity contribution in [2.75, 3.05) is 18.5 Å². The SMILES string of the molecule is Cc1cc(F)ccc1NC(=O)CCOCC(C)C. The van der Waals surface area contributed by atoms with Crippen LogP contribution in [0.3, 0.4) is 0 Å². The highest BCUT2D eigenvalue weighted by Gasteiger charge is 2.05. The zero-order valence-corrected chi connectivity index (χ0v) is 11.1. The molecule has 0 aromatic heterocycles. The average Bonchev–Trinajstić information content (AvgIpc) is 2.28. The number of hydrogen-bond donors (Lipinski definition) is 1. The molecule has 0 saturated heterocycles. The van der Waals surface area contributed by atoms with E-state index < -0.39 is 0 Å². The van der Waals surface area contributed by atoms with Crippen molar-refractivity contribution in [3.05, 3.63) is 29.6 Å². The maximum Gasteiger partial charge on any atom is 0.226 e. The summed E-state index contributed by atoms with van der Waals surface area (Å²) in [4.78, 5) is 11.6. The quantitative estimate of drug-likeness (QED) is 0.791. The number of carbonyl (C=O) groups excluding carboxylic acids is 1. The Morgan fingerprint density at radius 3 is 2.78 bits per heavy atom. The van der Waals surface area contributed by atoms with Gasteiger partial charge in [0.25, 0.3) is 0 Å². The van der Waals surface area contributed by atoms with Crippen LogP contribution in [0.4, 0.5) is 10.1 Å². The number of hydrogen-bond acceptors (Lipinski definition) is 2. The highest BCUT2D eigenvalue weighted by atomic mass is 19.1. The van der Waals surface area contributed by atoms with Gasteiger partial charge in [-0.3, -0.25) is 4.79 Å². The number of aryl methyl sites for hydroxylation is 1. The van der Waals surface area contributed by atoms with Crippen LogP contribution in [0.1, 0.15) is 25.8 Å². The van der Waals surface area contributed by atoms with Gasteiger partial charge in [0.05, 0.1) is 13.0 Å². The average molecular weight is 253 g/mol. The third kappa shape index (κ3) is 5.27. The number of rotatable bonds is 6. The lowest BCUT2D eigenvalue weighted by atomic mass is 10.2. The largest absolute Gasteiger partial charge is 0.381 e. The zero-order valence-electron chi connectivity index (χ0n) is 11.1. The Labute approximate surface area is 107 Å². The number of ether oxygens (including phenoxy) is 1. The Hall–Kier alpha value is -1.42. The maximum absolute atomic E-state index is 12.9. The topological polar surface area (TPSA) is 38.3 Å². The summed E-state index contributed by atoms with van der Waals surface area (Å²) in [6.07, 6.45) is 0.309. The first-order valence-electron chi connectivity index (χ1n) is 6.12. The van der Waals surface area contributed by atoms with Crippen molar-refractivity contribution in [2.24, 2.45) is 5.92 Å². The Balaban J connectivity index is 2.35. The monoisotopic (exact) mass is 253 g/mol. The molecule has 1 rings (SSSR count). The van der Waals surface area contributed by atoms with Gasteiger partial charge in [0.1, 0.15) is 5.82 Å². The van der Waals surface area contributed by atoms with E-state index in [1.165, 1.54) is 12.1 Å². The van der Waals surface area contributed by atoms with Gasteiger partial charge in [-0.1, -0.05) is 13.8 Å². The molecule has 0 radical (unpaired) electrons. The van der Waals surface area contributed by atoms with Crippen LogP contribution >= 0.6 is 0 Å². The smallest absolute Gasteiger partial charge is 0.226 e. The van der Waals surface area contributed by atoms with E-state index in [2.05, 4.69) is 19.2 Å². The lowest BCUT2D eigenvalue weighted by Crippen LogP contribution is -2.15. The van der Waals surface area contributed by atoms with Crippen molar-refractivity contribution >= 4 is 11.6 Å². The number of nitrogens with one attached hydrogen (secondary N) is 1. The highest BCUT2D eigenvalue weighted by Crippen LogP contribution is 2.15. The van der Waals surface area contributed by atoms with Gasteiger partial charge in [0.15, 0.2) is 0 Å². The van der Waals surface area contributed by atoms with E-state index in [4.69, 9.17) is 4.74 Å². The lowest BCUT2D eigenvalue weighted by Gasteiger charge is -2.09. The summed E-state index contributed by atoms with van der Waals surface area (Å²) in [7, 11) is 0. The van der Waals surface area contributed by atoms with Crippen LogP contribution in [0.15, 0.2) is 18.2 Å². The molecule has 0 bridgehead atoms. The van der Waals surface area contributed by atoms with Gasteiger partial charge in [-0.25, -0.2) is 4.39 Å². The molecule has 0 fully saturated rings. The first-order chi connectivity index (χ1) is 8.49.